The zero-order valence-corrected chi connectivity index (χ0v) is 18.2. The van der Waals surface area contributed by atoms with Gasteiger partial charge in [-0.2, -0.15) is 0 Å². The molecule has 0 nitrogen and oxygen atoms in total. The van der Waals surface area contributed by atoms with E-state index in [0.717, 1.165) is 24.3 Å². The van der Waals surface area contributed by atoms with Crippen molar-refractivity contribution in [3.63, 3.8) is 0 Å². The van der Waals surface area contributed by atoms with Crippen LogP contribution in [-0.4, -0.2) is 0 Å². The summed E-state index contributed by atoms with van der Waals surface area (Å²) < 4.78 is 28.7. The number of rotatable bonds is 6. The van der Waals surface area contributed by atoms with Crippen LogP contribution in [0.3, 0.4) is 0 Å². The second-order valence-electron chi connectivity index (χ2n) is 8.43. The molecule has 0 N–H and O–H groups in total. The van der Waals surface area contributed by atoms with Crippen molar-refractivity contribution in [1.29, 1.82) is 0 Å². The molecule has 2 heteroatoms. The average molecular weight is 407 g/mol. The number of allylic oxidation sites excluding steroid dienone is 1. The smallest absolute Gasteiger partial charge is 0.142 e. The molecule has 0 radical (unpaired) electrons. The number of benzene rings is 2. The molecule has 0 heterocycles. The maximum Gasteiger partial charge on any atom is 0.142 e. The summed E-state index contributed by atoms with van der Waals surface area (Å²) in [6, 6.07) is 10.9. The minimum atomic E-state index is -0.612. The van der Waals surface area contributed by atoms with Crippen LogP contribution in [0.15, 0.2) is 42.5 Å². The Morgan fingerprint density at radius 3 is 2.17 bits per heavy atom. The van der Waals surface area contributed by atoms with Crippen molar-refractivity contribution in [3.05, 3.63) is 76.4 Å². The third-order valence-corrected chi connectivity index (χ3v) is 6.09. The summed E-state index contributed by atoms with van der Waals surface area (Å²) in [5.74, 6) is 5.91. The normalized spacial score (nSPS) is 18.9. The summed E-state index contributed by atoms with van der Waals surface area (Å²) in [4.78, 5) is 0. The van der Waals surface area contributed by atoms with Crippen molar-refractivity contribution in [2.45, 2.75) is 71.1 Å². The molecular formula is C28H32F2. The Morgan fingerprint density at radius 2 is 1.57 bits per heavy atom. The fourth-order valence-corrected chi connectivity index (χ4v) is 4.36. The van der Waals surface area contributed by atoms with E-state index in [1.165, 1.54) is 56.2 Å². The van der Waals surface area contributed by atoms with E-state index in [-0.39, 0.29) is 5.56 Å². The second-order valence-corrected chi connectivity index (χ2v) is 8.43. The SMILES string of the molecule is CCC/C=C/c1cc(F)c(C#Cc2ccc([C@H]3CC[C@H](CCC)CC3)cc2)c(F)c1. The van der Waals surface area contributed by atoms with Gasteiger partial charge in [0.1, 0.15) is 11.6 Å². The van der Waals surface area contributed by atoms with Crippen molar-refractivity contribution in [2.75, 3.05) is 0 Å². The third kappa shape index (κ3) is 6.05. The molecule has 2 aromatic rings. The molecule has 1 aliphatic rings. The van der Waals surface area contributed by atoms with E-state index in [1.807, 2.05) is 18.2 Å². The van der Waals surface area contributed by atoms with Gasteiger partial charge in [0, 0.05) is 5.56 Å². The van der Waals surface area contributed by atoms with Gasteiger partial charge in [0.15, 0.2) is 0 Å². The van der Waals surface area contributed by atoms with E-state index in [0.29, 0.717) is 11.5 Å². The van der Waals surface area contributed by atoms with Crippen LogP contribution in [0.4, 0.5) is 8.78 Å². The van der Waals surface area contributed by atoms with Gasteiger partial charge in [0.2, 0.25) is 0 Å². The highest BCUT2D eigenvalue weighted by molar-refractivity contribution is 5.53. The van der Waals surface area contributed by atoms with Gasteiger partial charge in [-0.25, -0.2) is 8.78 Å². The van der Waals surface area contributed by atoms with Gasteiger partial charge in [0.25, 0.3) is 0 Å². The summed E-state index contributed by atoms with van der Waals surface area (Å²) in [7, 11) is 0. The van der Waals surface area contributed by atoms with Crippen molar-refractivity contribution >= 4 is 6.08 Å². The molecule has 1 fully saturated rings. The lowest BCUT2D eigenvalue weighted by atomic mass is 9.77. The number of hydrogen-bond donors (Lipinski definition) is 0. The fraction of sp³-hybridized carbons (Fsp3) is 0.429. The Hall–Kier alpha value is -2.40. The summed E-state index contributed by atoms with van der Waals surface area (Å²) in [6.45, 7) is 4.33. The minimum Gasteiger partial charge on any atom is -0.205 e. The molecule has 0 aliphatic heterocycles. The van der Waals surface area contributed by atoms with E-state index >= 15 is 0 Å². The van der Waals surface area contributed by atoms with E-state index in [9.17, 15) is 8.78 Å². The van der Waals surface area contributed by atoms with E-state index < -0.39 is 11.6 Å². The minimum absolute atomic E-state index is 0.166. The zero-order valence-electron chi connectivity index (χ0n) is 18.2. The Bertz CT molecular complexity index is 881. The van der Waals surface area contributed by atoms with Crippen LogP contribution >= 0.6 is 0 Å². The molecule has 0 atom stereocenters. The van der Waals surface area contributed by atoms with E-state index in [4.69, 9.17) is 0 Å². The maximum atomic E-state index is 14.3. The largest absolute Gasteiger partial charge is 0.205 e. The Labute approximate surface area is 180 Å². The van der Waals surface area contributed by atoms with Crippen LogP contribution < -0.4 is 0 Å². The molecule has 0 aromatic heterocycles. The lowest BCUT2D eigenvalue weighted by Gasteiger charge is -2.28. The Morgan fingerprint density at radius 1 is 0.900 bits per heavy atom. The summed E-state index contributed by atoms with van der Waals surface area (Å²) in [5.41, 5.74) is 2.50. The first-order chi connectivity index (χ1) is 14.6. The van der Waals surface area contributed by atoms with Crippen molar-refractivity contribution in [1.82, 2.24) is 0 Å². The molecule has 2 aromatic carbocycles. The first-order valence-electron chi connectivity index (χ1n) is 11.4. The van der Waals surface area contributed by atoms with Crippen LogP contribution in [0.25, 0.3) is 6.08 Å². The highest BCUT2D eigenvalue weighted by Gasteiger charge is 2.21. The maximum absolute atomic E-state index is 14.3. The van der Waals surface area contributed by atoms with Crippen LogP contribution in [0, 0.1) is 29.4 Å². The molecule has 3 rings (SSSR count). The molecule has 1 aliphatic carbocycles. The molecule has 0 saturated heterocycles. The first-order valence-corrected chi connectivity index (χ1v) is 11.4. The summed E-state index contributed by atoms with van der Waals surface area (Å²) >= 11 is 0. The first kappa shape index (κ1) is 22.3. The predicted octanol–water partition coefficient (Wildman–Crippen LogP) is 8.25. The van der Waals surface area contributed by atoms with Gasteiger partial charge in [-0.1, -0.05) is 69.2 Å². The molecule has 0 unspecified atom stereocenters. The van der Waals surface area contributed by atoms with Crippen molar-refractivity contribution < 1.29 is 8.78 Å². The molecule has 158 valence electrons. The number of hydrogen-bond acceptors (Lipinski definition) is 0. The molecule has 0 spiro atoms. The quantitative estimate of drug-likeness (QED) is 0.424. The topological polar surface area (TPSA) is 0 Å². The van der Waals surface area contributed by atoms with Crippen LogP contribution in [-0.2, 0) is 0 Å². The van der Waals surface area contributed by atoms with E-state index in [1.54, 1.807) is 6.08 Å². The highest BCUT2D eigenvalue weighted by Crippen LogP contribution is 2.37. The molecule has 30 heavy (non-hydrogen) atoms. The standard InChI is InChI=1S/C28H32F2/c1-3-5-6-8-23-19-27(29)26(28(30)20-23)18-13-22-11-16-25(17-12-22)24-14-9-21(7-4-2)10-15-24/h6,8,11-12,16-17,19-21,24H,3-5,7,9-10,14-15H2,1-2H3/b8-6+/t21-,24-. The van der Waals surface area contributed by atoms with Gasteiger partial charge >= 0.3 is 0 Å². The molecule has 1 saturated carbocycles. The van der Waals surface area contributed by atoms with Gasteiger partial charge in [-0.05, 0) is 79.3 Å². The number of unbranched alkanes of at least 4 members (excludes halogenated alkanes) is 1. The van der Waals surface area contributed by atoms with Gasteiger partial charge in [-0.3, -0.25) is 0 Å². The molecule has 0 bridgehead atoms. The van der Waals surface area contributed by atoms with Crippen molar-refractivity contribution in [3.8, 4) is 11.8 Å². The molecule has 0 amide bonds. The number of halogens is 2. The van der Waals surface area contributed by atoms with Gasteiger partial charge in [-0.15, -0.1) is 0 Å². The van der Waals surface area contributed by atoms with Crippen LogP contribution in [0.2, 0.25) is 0 Å². The fourth-order valence-electron chi connectivity index (χ4n) is 4.36. The van der Waals surface area contributed by atoms with Gasteiger partial charge < -0.3 is 0 Å². The van der Waals surface area contributed by atoms with Gasteiger partial charge in [0.05, 0.1) is 5.56 Å². The average Bonchev–Trinajstić information content (AvgIpc) is 2.75. The van der Waals surface area contributed by atoms with Crippen molar-refractivity contribution in [2.24, 2.45) is 5.92 Å². The Kier molecular flexibility index (Phi) is 8.26. The summed E-state index contributed by atoms with van der Waals surface area (Å²) in [6.07, 6.45) is 13.4. The lowest BCUT2D eigenvalue weighted by Crippen LogP contribution is -2.13. The van der Waals surface area contributed by atoms with Crippen LogP contribution in [0.1, 0.15) is 93.4 Å². The Balaban J connectivity index is 1.67. The third-order valence-electron chi connectivity index (χ3n) is 6.09. The second kappa shape index (κ2) is 11.1. The predicted molar refractivity (Wildman–Crippen MR) is 122 cm³/mol. The zero-order chi connectivity index (χ0) is 21.3. The van der Waals surface area contributed by atoms with Crippen LogP contribution in [0.5, 0.6) is 0 Å². The molecular weight excluding hydrogens is 374 g/mol. The van der Waals surface area contributed by atoms with E-state index in [2.05, 4.69) is 37.8 Å². The lowest BCUT2D eigenvalue weighted by molar-refractivity contribution is 0.308. The monoisotopic (exact) mass is 406 g/mol. The highest BCUT2D eigenvalue weighted by atomic mass is 19.1. The summed E-state index contributed by atoms with van der Waals surface area (Å²) in [5, 5.41) is 0.